The number of benzene rings is 1. The molecule has 0 atom stereocenters. The number of nitrogens with zero attached hydrogens (tertiary/aromatic N) is 1. The lowest BCUT2D eigenvalue weighted by Gasteiger charge is -2.06. The van der Waals surface area contributed by atoms with E-state index in [1.807, 2.05) is 0 Å². The Labute approximate surface area is 85.2 Å². The maximum Gasteiger partial charge on any atom is 0.188 e. The van der Waals surface area contributed by atoms with Gasteiger partial charge in [-0.25, -0.2) is 4.85 Å². The summed E-state index contributed by atoms with van der Waals surface area (Å²) in [6, 6.07) is 5.14. The van der Waals surface area contributed by atoms with Crippen molar-refractivity contribution in [3.8, 4) is 5.75 Å². The van der Waals surface area contributed by atoms with Crippen molar-refractivity contribution in [3.05, 3.63) is 34.1 Å². The third-order valence-corrected chi connectivity index (χ3v) is 2.00. The Hall–Kier alpha value is -1.05. The number of hydrogen-bond acceptors (Lipinski definition) is 2. The Morgan fingerprint density at radius 1 is 1.54 bits per heavy atom. The van der Waals surface area contributed by atoms with Crippen molar-refractivity contribution in [2.24, 2.45) is 0 Å². The topological polar surface area (TPSA) is 22.8 Å². The smallest absolute Gasteiger partial charge is 0.188 e. The number of methoxy groups -OCH3 is 1. The second-order valence-corrected chi connectivity index (χ2v) is 3.13. The average molecular weight is 242 g/mol. The van der Waals surface area contributed by atoms with Crippen molar-refractivity contribution in [2.45, 2.75) is 0 Å². The van der Waals surface area contributed by atoms with Gasteiger partial charge in [0, 0.05) is 11.6 Å². The normalized spacial score (nSPS) is 9.31. The molecule has 0 amide bonds. The van der Waals surface area contributed by atoms with Gasteiger partial charge in [0.05, 0.1) is 6.57 Å². The Kier molecular flexibility index (Phi) is 3.74. The monoisotopic (exact) mass is 241 g/mol. The van der Waals surface area contributed by atoms with Gasteiger partial charge in [0.15, 0.2) is 12.5 Å². The van der Waals surface area contributed by atoms with Gasteiger partial charge < -0.3 is 9.47 Å². The van der Waals surface area contributed by atoms with Crippen molar-refractivity contribution in [3.63, 3.8) is 0 Å². The van der Waals surface area contributed by atoms with E-state index in [4.69, 9.17) is 16.0 Å². The Bertz CT molecular complexity index is 333. The molecule has 68 valence electrons. The quantitative estimate of drug-likeness (QED) is 0.600. The summed E-state index contributed by atoms with van der Waals surface area (Å²) in [6.45, 7) is 6.99. The maximum absolute atomic E-state index is 6.79. The zero-order chi connectivity index (χ0) is 9.68. The van der Waals surface area contributed by atoms with Gasteiger partial charge >= 0.3 is 0 Å². The van der Waals surface area contributed by atoms with Gasteiger partial charge in [0.1, 0.15) is 5.75 Å². The molecule has 1 rings (SSSR count). The SMILES string of the molecule is [C-]#[N+]c1ccc(OCOC)c(Br)c1. The molecule has 1 aromatic carbocycles. The highest BCUT2D eigenvalue weighted by atomic mass is 79.9. The minimum absolute atomic E-state index is 0.204. The van der Waals surface area contributed by atoms with Crippen LogP contribution in [0.2, 0.25) is 0 Å². The molecule has 0 unspecified atom stereocenters. The second-order valence-electron chi connectivity index (χ2n) is 2.28. The summed E-state index contributed by atoms with van der Waals surface area (Å²) in [7, 11) is 1.56. The molecule has 0 radical (unpaired) electrons. The predicted molar refractivity (Wildman–Crippen MR) is 52.9 cm³/mol. The van der Waals surface area contributed by atoms with E-state index in [1.54, 1.807) is 25.3 Å². The van der Waals surface area contributed by atoms with Crippen LogP contribution in [0.15, 0.2) is 22.7 Å². The Balaban J connectivity index is 2.81. The Morgan fingerprint density at radius 3 is 2.85 bits per heavy atom. The van der Waals surface area contributed by atoms with Crippen LogP contribution < -0.4 is 4.74 Å². The van der Waals surface area contributed by atoms with Crippen molar-refractivity contribution in [2.75, 3.05) is 13.9 Å². The molecule has 1 aromatic rings. The molecule has 0 aliphatic heterocycles. The van der Waals surface area contributed by atoms with Crippen molar-refractivity contribution >= 4 is 21.6 Å². The molecule has 0 aromatic heterocycles. The highest BCUT2D eigenvalue weighted by Gasteiger charge is 2.01. The summed E-state index contributed by atoms with van der Waals surface area (Å²) >= 11 is 3.29. The third kappa shape index (κ3) is 2.72. The number of halogens is 1. The molecular formula is C9H8BrNO2. The molecule has 4 heteroatoms. The average Bonchev–Trinajstić information content (AvgIpc) is 2.16. The lowest BCUT2D eigenvalue weighted by atomic mass is 10.3. The zero-order valence-electron chi connectivity index (χ0n) is 7.08. The standard InChI is InChI=1S/C9H8BrNO2/c1-11-7-3-4-9(8(10)5-7)13-6-12-2/h3-5H,6H2,2H3. The van der Waals surface area contributed by atoms with Gasteiger partial charge in [-0.3, -0.25) is 0 Å². The van der Waals surface area contributed by atoms with Crippen LogP contribution in [0.4, 0.5) is 5.69 Å². The first-order chi connectivity index (χ1) is 6.27. The van der Waals surface area contributed by atoms with Crippen LogP contribution in [0.25, 0.3) is 4.85 Å². The van der Waals surface area contributed by atoms with Gasteiger partial charge in [0.2, 0.25) is 0 Å². The van der Waals surface area contributed by atoms with E-state index >= 15 is 0 Å². The van der Waals surface area contributed by atoms with Crippen LogP contribution in [0.5, 0.6) is 5.75 Å². The van der Waals surface area contributed by atoms with Crippen molar-refractivity contribution in [1.82, 2.24) is 0 Å². The van der Waals surface area contributed by atoms with E-state index in [1.165, 1.54) is 0 Å². The largest absolute Gasteiger partial charge is 0.466 e. The molecule has 3 nitrogen and oxygen atoms in total. The summed E-state index contributed by atoms with van der Waals surface area (Å²) < 4.78 is 10.7. The fourth-order valence-corrected chi connectivity index (χ4v) is 1.28. The number of hydrogen-bond donors (Lipinski definition) is 0. The maximum atomic E-state index is 6.79. The first kappa shape index (κ1) is 10.0. The highest BCUT2D eigenvalue weighted by Crippen LogP contribution is 2.29. The van der Waals surface area contributed by atoms with Crippen molar-refractivity contribution < 1.29 is 9.47 Å². The van der Waals surface area contributed by atoms with Gasteiger partial charge in [-0.1, -0.05) is 6.07 Å². The van der Waals surface area contributed by atoms with E-state index in [0.717, 1.165) is 4.47 Å². The van der Waals surface area contributed by atoms with Gasteiger partial charge in [-0.2, -0.15) is 0 Å². The fraction of sp³-hybridized carbons (Fsp3) is 0.222. The predicted octanol–water partition coefficient (Wildman–Crippen LogP) is 2.98. The summed E-state index contributed by atoms with van der Waals surface area (Å²) in [5.74, 6) is 0.675. The van der Waals surface area contributed by atoms with Gasteiger partial charge in [0.25, 0.3) is 0 Å². The molecule has 0 aliphatic carbocycles. The summed E-state index contributed by atoms with van der Waals surface area (Å²) in [5, 5.41) is 0. The van der Waals surface area contributed by atoms with Crippen molar-refractivity contribution in [1.29, 1.82) is 0 Å². The van der Waals surface area contributed by atoms with Crippen LogP contribution in [0.1, 0.15) is 0 Å². The van der Waals surface area contributed by atoms with Crippen LogP contribution in [0.3, 0.4) is 0 Å². The van der Waals surface area contributed by atoms with Gasteiger partial charge in [-0.05, 0) is 28.1 Å². The first-order valence-corrected chi connectivity index (χ1v) is 4.36. The van der Waals surface area contributed by atoms with Crippen LogP contribution >= 0.6 is 15.9 Å². The number of rotatable bonds is 3. The fourth-order valence-electron chi connectivity index (χ4n) is 0.799. The minimum Gasteiger partial charge on any atom is -0.466 e. The van der Waals surface area contributed by atoms with E-state index in [-0.39, 0.29) is 6.79 Å². The molecule has 0 aliphatic rings. The number of ether oxygens (including phenoxy) is 2. The van der Waals surface area contributed by atoms with Gasteiger partial charge in [-0.15, -0.1) is 0 Å². The third-order valence-electron chi connectivity index (χ3n) is 1.38. The molecule has 0 heterocycles. The molecule has 0 fully saturated rings. The molecular weight excluding hydrogens is 234 g/mol. The molecule has 0 bridgehead atoms. The zero-order valence-corrected chi connectivity index (χ0v) is 8.67. The minimum atomic E-state index is 0.204. The van der Waals surface area contributed by atoms with Crippen LogP contribution in [-0.2, 0) is 4.74 Å². The molecule has 13 heavy (non-hydrogen) atoms. The van der Waals surface area contributed by atoms with E-state index in [9.17, 15) is 0 Å². The molecule has 0 N–H and O–H groups in total. The van der Waals surface area contributed by atoms with E-state index in [0.29, 0.717) is 11.4 Å². The molecule has 0 saturated heterocycles. The van der Waals surface area contributed by atoms with E-state index < -0.39 is 0 Å². The molecule has 0 saturated carbocycles. The summed E-state index contributed by atoms with van der Waals surface area (Å²) in [6.07, 6.45) is 0. The van der Waals surface area contributed by atoms with E-state index in [2.05, 4.69) is 20.8 Å². The summed E-state index contributed by atoms with van der Waals surface area (Å²) in [5.41, 5.74) is 0.580. The lowest BCUT2D eigenvalue weighted by Crippen LogP contribution is -1.98. The highest BCUT2D eigenvalue weighted by molar-refractivity contribution is 9.10. The molecule has 0 spiro atoms. The Morgan fingerprint density at radius 2 is 2.31 bits per heavy atom. The van der Waals surface area contributed by atoms with Crippen LogP contribution in [-0.4, -0.2) is 13.9 Å². The second kappa shape index (κ2) is 4.85. The lowest BCUT2D eigenvalue weighted by molar-refractivity contribution is 0.0506. The van der Waals surface area contributed by atoms with Crippen LogP contribution in [0, 0.1) is 6.57 Å². The first-order valence-electron chi connectivity index (χ1n) is 3.56. The summed E-state index contributed by atoms with van der Waals surface area (Å²) in [4.78, 5) is 3.29.